The van der Waals surface area contributed by atoms with Gasteiger partial charge in [-0.3, -0.25) is 4.90 Å². The average molecular weight is 484 g/mol. The highest BCUT2D eigenvalue weighted by atomic mass is 32.2. The lowest BCUT2D eigenvalue weighted by Gasteiger charge is -2.33. The van der Waals surface area contributed by atoms with Crippen LogP contribution in [0.25, 0.3) is 21.9 Å². The lowest BCUT2D eigenvalue weighted by Crippen LogP contribution is -2.48. The minimum Gasteiger partial charge on any atom is -0.460 e. The fraction of sp³-hybridized carbons (Fsp3) is 0.333. The molecule has 10 heteroatoms. The minimum absolute atomic E-state index is 0.0976. The number of piperazine rings is 1. The van der Waals surface area contributed by atoms with Crippen LogP contribution in [0.15, 0.2) is 56.3 Å². The summed E-state index contributed by atoms with van der Waals surface area (Å²) in [7, 11) is -3.70. The molecule has 0 saturated carbocycles. The maximum Gasteiger partial charge on any atom is 0.374 e. The van der Waals surface area contributed by atoms with Crippen molar-refractivity contribution < 1.29 is 26.9 Å². The zero-order valence-electron chi connectivity index (χ0n) is 19.0. The smallest absolute Gasteiger partial charge is 0.374 e. The molecule has 0 unspecified atom stereocenters. The number of fused-ring (bicyclic) bond motifs is 2. The molecular weight excluding hydrogens is 458 g/mol. The summed E-state index contributed by atoms with van der Waals surface area (Å²) >= 11 is 0. The molecule has 1 fully saturated rings. The van der Waals surface area contributed by atoms with Gasteiger partial charge in [0.1, 0.15) is 11.3 Å². The van der Waals surface area contributed by atoms with Crippen molar-refractivity contribution in [2.24, 2.45) is 0 Å². The number of carbonyl (C=O) groups is 1. The predicted molar refractivity (Wildman–Crippen MR) is 125 cm³/mol. The molecule has 0 radical (unpaired) electrons. The largest absolute Gasteiger partial charge is 0.460 e. The lowest BCUT2D eigenvalue weighted by molar-refractivity contribution is 0.0491. The molecule has 9 nitrogen and oxygen atoms in total. The van der Waals surface area contributed by atoms with Crippen molar-refractivity contribution in [1.82, 2.24) is 14.4 Å². The van der Waals surface area contributed by atoms with Crippen LogP contribution in [0.4, 0.5) is 0 Å². The molecule has 5 rings (SSSR count). The van der Waals surface area contributed by atoms with Gasteiger partial charge in [-0.1, -0.05) is 17.3 Å². The molecule has 0 bridgehead atoms. The van der Waals surface area contributed by atoms with Crippen LogP contribution in [-0.4, -0.2) is 61.5 Å². The van der Waals surface area contributed by atoms with Gasteiger partial charge in [0, 0.05) is 49.1 Å². The van der Waals surface area contributed by atoms with Crippen LogP contribution in [0.5, 0.6) is 0 Å². The van der Waals surface area contributed by atoms with Crippen LogP contribution in [0.2, 0.25) is 0 Å². The Morgan fingerprint density at radius 3 is 2.59 bits per heavy atom. The third-order valence-corrected chi connectivity index (χ3v) is 8.06. The van der Waals surface area contributed by atoms with E-state index in [-0.39, 0.29) is 17.3 Å². The summed E-state index contributed by atoms with van der Waals surface area (Å²) in [5.41, 5.74) is 2.61. The maximum absolute atomic E-state index is 13.3. The van der Waals surface area contributed by atoms with Crippen LogP contribution >= 0.6 is 0 Å². The Labute approximate surface area is 196 Å². The van der Waals surface area contributed by atoms with Gasteiger partial charge in [-0.25, -0.2) is 13.2 Å². The molecule has 2 aromatic heterocycles. The van der Waals surface area contributed by atoms with E-state index in [1.54, 1.807) is 26.0 Å². The van der Waals surface area contributed by atoms with Crippen molar-refractivity contribution in [3.8, 4) is 0 Å². The van der Waals surface area contributed by atoms with E-state index in [4.69, 9.17) is 13.7 Å². The van der Waals surface area contributed by atoms with Gasteiger partial charge in [0.2, 0.25) is 15.8 Å². The Morgan fingerprint density at radius 1 is 1.06 bits per heavy atom. The third kappa shape index (κ3) is 3.97. The number of nitrogens with zero attached hydrogens (tertiary/aromatic N) is 3. The van der Waals surface area contributed by atoms with Crippen molar-refractivity contribution in [2.45, 2.75) is 25.3 Å². The highest BCUT2D eigenvalue weighted by Gasteiger charge is 2.30. The molecule has 0 N–H and O–H groups in total. The number of hydrogen-bond donors (Lipinski definition) is 0. The second kappa shape index (κ2) is 8.86. The van der Waals surface area contributed by atoms with Gasteiger partial charge >= 0.3 is 5.97 Å². The second-order valence-electron chi connectivity index (χ2n) is 8.24. The van der Waals surface area contributed by atoms with Gasteiger partial charge in [0.25, 0.3) is 0 Å². The van der Waals surface area contributed by atoms with Crippen LogP contribution in [-0.2, 0) is 21.3 Å². The predicted octanol–water partition coefficient (Wildman–Crippen LogP) is 3.57. The highest BCUT2D eigenvalue weighted by Crippen LogP contribution is 2.30. The topological polar surface area (TPSA) is 106 Å². The summed E-state index contributed by atoms with van der Waals surface area (Å²) in [6, 6.07) is 12.4. The fourth-order valence-corrected chi connectivity index (χ4v) is 5.74. The molecule has 178 valence electrons. The van der Waals surface area contributed by atoms with Crippen molar-refractivity contribution in [1.29, 1.82) is 0 Å². The fourth-order valence-electron chi connectivity index (χ4n) is 4.29. The monoisotopic (exact) mass is 483 g/mol. The number of ether oxygens (including phenoxy) is 1. The van der Waals surface area contributed by atoms with E-state index in [0.717, 1.165) is 16.7 Å². The third-order valence-electron chi connectivity index (χ3n) is 6.16. The quantitative estimate of drug-likeness (QED) is 0.383. The van der Waals surface area contributed by atoms with Crippen LogP contribution in [0.1, 0.15) is 28.7 Å². The minimum atomic E-state index is -3.70. The number of aryl methyl sites for hydroxylation is 1. The Bertz CT molecular complexity index is 1460. The molecule has 1 aliphatic rings. The number of esters is 1. The van der Waals surface area contributed by atoms with E-state index in [0.29, 0.717) is 49.3 Å². The zero-order valence-corrected chi connectivity index (χ0v) is 19.8. The molecule has 34 heavy (non-hydrogen) atoms. The molecule has 0 amide bonds. The molecular formula is C24H25N3O6S. The van der Waals surface area contributed by atoms with E-state index in [1.165, 1.54) is 10.4 Å². The van der Waals surface area contributed by atoms with Gasteiger partial charge in [-0.15, -0.1) is 0 Å². The number of para-hydroxylation sites is 1. The molecule has 1 aliphatic heterocycles. The average Bonchev–Trinajstić information content (AvgIpc) is 3.40. The van der Waals surface area contributed by atoms with E-state index < -0.39 is 16.0 Å². The first-order chi connectivity index (χ1) is 16.4. The Hall–Kier alpha value is -3.21. The van der Waals surface area contributed by atoms with Gasteiger partial charge in [0.15, 0.2) is 5.58 Å². The lowest BCUT2D eigenvalue weighted by atomic mass is 10.1. The molecule has 2 aromatic carbocycles. The van der Waals surface area contributed by atoms with E-state index in [1.807, 2.05) is 24.3 Å². The number of rotatable bonds is 6. The summed E-state index contributed by atoms with van der Waals surface area (Å²) in [6.45, 7) is 6.18. The molecule has 1 saturated heterocycles. The zero-order chi connectivity index (χ0) is 23.9. The second-order valence-corrected chi connectivity index (χ2v) is 10.2. The normalized spacial score (nSPS) is 15.8. The SMILES string of the molecule is CCOC(=O)c1oc2ccc(S(=O)(=O)N3CCN(Cc4noc5ccccc45)CC3)cc2c1C. The summed E-state index contributed by atoms with van der Waals surface area (Å²) < 4.78 is 44.2. The Morgan fingerprint density at radius 2 is 1.82 bits per heavy atom. The van der Waals surface area contributed by atoms with Gasteiger partial charge < -0.3 is 13.7 Å². The number of sulfonamides is 1. The van der Waals surface area contributed by atoms with E-state index >= 15 is 0 Å². The number of aromatic nitrogens is 1. The number of furan rings is 1. The van der Waals surface area contributed by atoms with Gasteiger partial charge in [-0.2, -0.15) is 4.31 Å². The van der Waals surface area contributed by atoms with E-state index in [9.17, 15) is 13.2 Å². The van der Waals surface area contributed by atoms with Crippen molar-refractivity contribution in [3.63, 3.8) is 0 Å². The van der Waals surface area contributed by atoms with E-state index in [2.05, 4.69) is 10.1 Å². The summed E-state index contributed by atoms with van der Waals surface area (Å²) in [5, 5.41) is 5.74. The standard InChI is InChI=1S/C24H25N3O6S/c1-3-31-24(28)23-16(2)19-14-17(8-9-21(19)32-23)34(29,30)27-12-10-26(11-13-27)15-20-18-6-4-5-7-22(18)33-25-20/h4-9,14H,3,10-13,15H2,1-2H3. The summed E-state index contributed by atoms with van der Waals surface area (Å²) in [5.74, 6) is -0.461. The van der Waals surface area contributed by atoms with Crippen LogP contribution in [0.3, 0.4) is 0 Å². The first-order valence-electron chi connectivity index (χ1n) is 11.1. The first kappa shape index (κ1) is 22.6. The van der Waals surface area contributed by atoms with Crippen LogP contribution in [0, 0.1) is 6.92 Å². The molecule has 4 aromatic rings. The molecule has 0 spiro atoms. The molecule has 0 atom stereocenters. The first-order valence-corrected chi connectivity index (χ1v) is 12.6. The molecule has 0 aliphatic carbocycles. The summed E-state index contributed by atoms with van der Waals surface area (Å²) in [6.07, 6.45) is 0. The number of hydrogen-bond acceptors (Lipinski definition) is 8. The van der Waals surface area contributed by atoms with Crippen molar-refractivity contribution in [2.75, 3.05) is 32.8 Å². The van der Waals surface area contributed by atoms with Crippen molar-refractivity contribution >= 4 is 37.9 Å². The number of carbonyl (C=O) groups excluding carboxylic acids is 1. The van der Waals surface area contributed by atoms with Crippen LogP contribution < -0.4 is 0 Å². The van der Waals surface area contributed by atoms with Crippen molar-refractivity contribution in [3.05, 3.63) is 59.5 Å². The summed E-state index contributed by atoms with van der Waals surface area (Å²) in [4.78, 5) is 14.5. The maximum atomic E-state index is 13.3. The highest BCUT2D eigenvalue weighted by molar-refractivity contribution is 7.89. The Kier molecular flexibility index (Phi) is 5.88. The van der Waals surface area contributed by atoms with Gasteiger partial charge in [0.05, 0.1) is 11.5 Å². The van der Waals surface area contributed by atoms with Gasteiger partial charge in [-0.05, 0) is 44.2 Å². The number of benzene rings is 2. The Balaban J connectivity index is 1.31. The molecule has 3 heterocycles.